The summed E-state index contributed by atoms with van der Waals surface area (Å²) in [6.45, 7) is 1.09. The summed E-state index contributed by atoms with van der Waals surface area (Å²) in [5, 5.41) is 14.7. The molecule has 1 heterocycles. The molecule has 170 valence electrons. The molecule has 2 fully saturated rings. The van der Waals surface area contributed by atoms with Crippen LogP contribution in [0.5, 0.6) is 0 Å². The van der Waals surface area contributed by atoms with Crippen molar-refractivity contribution >= 4 is 24.0 Å². The zero-order valence-electron chi connectivity index (χ0n) is 16.8. The van der Waals surface area contributed by atoms with Crippen molar-refractivity contribution in [3.8, 4) is 0 Å². The lowest BCUT2D eigenvalue weighted by molar-refractivity contribution is -0.203. The van der Waals surface area contributed by atoms with Crippen LogP contribution in [0.3, 0.4) is 0 Å². The van der Waals surface area contributed by atoms with Gasteiger partial charge >= 0.3 is 12.1 Å². The second-order valence-electron chi connectivity index (χ2n) is 8.48. The van der Waals surface area contributed by atoms with Crippen molar-refractivity contribution < 1.29 is 32.7 Å². The molecule has 3 N–H and O–H groups in total. The maximum atomic E-state index is 13.4. The van der Waals surface area contributed by atoms with Crippen molar-refractivity contribution in [2.24, 2.45) is 23.7 Å². The third-order valence-corrected chi connectivity index (χ3v) is 6.62. The third kappa shape index (κ3) is 4.31. The lowest BCUT2D eigenvalue weighted by atomic mass is 9.56. The first kappa shape index (κ1) is 22.8. The highest BCUT2D eigenvalue weighted by Gasteiger charge is 2.59. The van der Waals surface area contributed by atoms with Crippen molar-refractivity contribution in [1.82, 2.24) is 9.88 Å². The molecule has 1 aromatic rings. The van der Waals surface area contributed by atoms with Gasteiger partial charge in [0.2, 0.25) is 12.3 Å². The van der Waals surface area contributed by atoms with E-state index < -0.39 is 53.4 Å². The van der Waals surface area contributed by atoms with E-state index in [0.717, 1.165) is 4.57 Å². The minimum atomic E-state index is -4.43. The molecule has 0 spiro atoms. The Labute approximate surface area is 175 Å². The number of aromatic nitrogens is 1. The van der Waals surface area contributed by atoms with E-state index in [1.165, 1.54) is 18.3 Å². The number of pyridine rings is 1. The number of hydrogen-bond donors (Lipinski definition) is 3. The largest absolute Gasteiger partial charge is 0.479 e. The summed E-state index contributed by atoms with van der Waals surface area (Å²) in [4.78, 5) is 48.0. The SMILES string of the molecule is CC1CC2CC(C(F)(F)F)CC(C2)C1(NC(=O)Cn1cccc(NC=O)c1=O)C(=O)O. The monoisotopic (exact) mass is 443 g/mol. The Morgan fingerprint density at radius 1 is 1.29 bits per heavy atom. The number of aliphatic carboxylic acids is 1. The molecule has 31 heavy (non-hydrogen) atoms. The lowest BCUT2D eigenvalue weighted by Gasteiger charge is -2.52. The van der Waals surface area contributed by atoms with Gasteiger partial charge in [-0.05, 0) is 55.6 Å². The van der Waals surface area contributed by atoms with Gasteiger partial charge in [0.15, 0.2) is 0 Å². The molecule has 0 aromatic carbocycles. The predicted octanol–water partition coefficient (Wildman–Crippen LogP) is 1.99. The highest BCUT2D eigenvalue weighted by atomic mass is 19.4. The van der Waals surface area contributed by atoms with Gasteiger partial charge in [0, 0.05) is 6.20 Å². The molecule has 5 atom stereocenters. The van der Waals surface area contributed by atoms with Crippen molar-refractivity contribution in [2.45, 2.75) is 50.9 Å². The number of fused-ring (bicyclic) bond motifs is 2. The molecule has 2 amide bonds. The van der Waals surface area contributed by atoms with Crippen LogP contribution in [-0.4, -0.2) is 39.7 Å². The van der Waals surface area contributed by atoms with Gasteiger partial charge < -0.3 is 20.3 Å². The number of amides is 2. The number of alkyl halides is 3. The molecule has 0 aliphatic heterocycles. The topological polar surface area (TPSA) is 118 Å². The van der Waals surface area contributed by atoms with Gasteiger partial charge in [-0.3, -0.25) is 14.4 Å². The predicted molar refractivity (Wildman–Crippen MR) is 103 cm³/mol. The van der Waals surface area contributed by atoms with E-state index in [2.05, 4.69) is 10.6 Å². The van der Waals surface area contributed by atoms with Gasteiger partial charge in [0.25, 0.3) is 5.56 Å². The summed E-state index contributed by atoms with van der Waals surface area (Å²) in [7, 11) is 0. The summed E-state index contributed by atoms with van der Waals surface area (Å²) in [6, 6.07) is 2.77. The molecule has 5 unspecified atom stereocenters. The average Bonchev–Trinajstić information content (AvgIpc) is 2.67. The molecular weight excluding hydrogens is 419 g/mol. The second kappa shape index (κ2) is 8.35. The lowest BCUT2D eigenvalue weighted by Crippen LogP contribution is -2.67. The Hall–Kier alpha value is -2.85. The summed E-state index contributed by atoms with van der Waals surface area (Å²) >= 11 is 0. The van der Waals surface area contributed by atoms with Crippen LogP contribution in [0.25, 0.3) is 0 Å². The zero-order valence-corrected chi connectivity index (χ0v) is 16.8. The number of anilines is 1. The molecule has 11 heteroatoms. The number of carbonyl (C=O) groups excluding carboxylic acids is 2. The molecule has 0 radical (unpaired) electrons. The van der Waals surface area contributed by atoms with Gasteiger partial charge in [-0.1, -0.05) is 6.92 Å². The van der Waals surface area contributed by atoms with Crippen LogP contribution in [-0.2, 0) is 20.9 Å². The number of nitrogens with one attached hydrogen (secondary N) is 2. The fourth-order valence-corrected chi connectivity index (χ4v) is 5.28. The number of rotatable bonds is 6. The number of nitrogens with zero attached hydrogens (tertiary/aromatic N) is 1. The molecule has 2 aliphatic rings. The highest BCUT2D eigenvalue weighted by Crippen LogP contribution is 2.53. The Bertz CT molecular complexity index is 929. The maximum absolute atomic E-state index is 13.4. The summed E-state index contributed by atoms with van der Waals surface area (Å²) < 4.78 is 41.2. The zero-order chi connectivity index (χ0) is 23.0. The van der Waals surface area contributed by atoms with Crippen LogP contribution in [0.2, 0.25) is 0 Å². The fraction of sp³-hybridized carbons (Fsp3) is 0.600. The summed E-state index contributed by atoms with van der Waals surface area (Å²) in [5.74, 6) is -5.48. The van der Waals surface area contributed by atoms with E-state index in [4.69, 9.17) is 0 Å². The first-order valence-corrected chi connectivity index (χ1v) is 9.99. The Morgan fingerprint density at radius 3 is 2.61 bits per heavy atom. The van der Waals surface area contributed by atoms with Crippen LogP contribution in [0.15, 0.2) is 23.1 Å². The first-order chi connectivity index (χ1) is 14.5. The van der Waals surface area contributed by atoms with E-state index in [-0.39, 0.29) is 30.9 Å². The average molecular weight is 443 g/mol. The number of carboxylic acids is 1. The molecule has 0 saturated heterocycles. The normalized spacial score (nSPS) is 30.3. The van der Waals surface area contributed by atoms with Crippen LogP contribution in [0.4, 0.5) is 18.9 Å². The highest BCUT2D eigenvalue weighted by molar-refractivity contribution is 5.88. The Balaban J connectivity index is 1.87. The Kier molecular flexibility index (Phi) is 6.15. The number of hydrogen-bond acceptors (Lipinski definition) is 4. The van der Waals surface area contributed by atoms with Crippen LogP contribution in [0, 0.1) is 23.7 Å². The van der Waals surface area contributed by atoms with E-state index in [1.54, 1.807) is 6.92 Å². The number of carbonyl (C=O) groups is 3. The third-order valence-electron chi connectivity index (χ3n) is 6.62. The van der Waals surface area contributed by atoms with Crippen molar-refractivity contribution in [1.29, 1.82) is 0 Å². The summed E-state index contributed by atoms with van der Waals surface area (Å²) in [5.41, 5.74) is -2.58. The molecule has 1 aromatic heterocycles. The van der Waals surface area contributed by atoms with Gasteiger partial charge in [0.1, 0.15) is 17.8 Å². The van der Waals surface area contributed by atoms with Crippen LogP contribution in [0.1, 0.15) is 32.6 Å². The molecule has 2 bridgehead atoms. The van der Waals surface area contributed by atoms with Crippen molar-refractivity contribution in [2.75, 3.05) is 5.32 Å². The van der Waals surface area contributed by atoms with Gasteiger partial charge in [-0.15, -0.1) is 0 Å². The van der Waals surface area contributed by atoms with Crippen LogP contribution < -0.4 is 16.2 Å². The maximum Gasteiger partial charge on any atom is 0.391 e. The van der Waals surface area contributed by atoms with Gasteiger partial charge in [-0.25, -0.2) is 4.79 Å². The number of carboxylic acid groups (broad SMARTS) is 1. The van der Waals surface area contributed by atoms with E-state index in [1.807, 2.05) is 0 Å². The smallest absolute Gasteiger partial charge is 0.391 e. The molecular formula is C20H24F3N3O5. The second-order valence-corrected chi connectivity index (χ2v) is 8.48. The fourth-order valence-electron chi connectivity index (χ4n) is 5.28. The van der Waals surface area contributed by atoms with E-state index in [0.29, 0.717) is 12.8 Å². The molecule has 8 nitrogen and oxygen atoms in total. The van der Waals surface area contributed by atoms with Gasteiger partial charge in [0.05, 0.1) is 5.92 Å². The molecule has 2 saturated carbocycles. The van der Waals surface area contributed by atoms with Crippen molar-refractivity contribution in [3.05, 3.63) is 28.7 Å². The van der Waals surface area contributed by atoms with E-state index in [9.17, 15) is 37.5 Å². The van der Waals surface area contributed by atoms with Crippen LogP contribution >= 0.6 is 0 Å². The Morgan fingerprint density at radius 2 is 2.00 bits per heavy atom. The van der Waals surface area contributed by atoms with Crippen molar-refractivity contribution in [3.63, 3.8) is 0 Å². The summed E-state index contributed by atoms with van der Waals surface area (Å²) in [6.07, 6.45) is -2.66. The minimum Gasteiger partial charge on any atom is -0.479 e. The quantitative estimate of drug-likeness (QED) is 0.582. The minimum absolute atomic E-state index is 0.0279. The van der Waals surface area contributed by atoms with E-state index >= 15 is 0 Å². The van der Waals surface area contributed by atoms with Gasteiger partial charge in [-0.2, -0.15) is 13.2 Å². The molecule has 3 rings (SSSR count). The number of halogens is 3. The molecule has 2 aliphatic carbocycles. The first-order valence-electron chi connectivity index (χ1n) is 9.99. The standard InChI is InChI=1S/C20H24F3N3O5/c1-11-5-12-6-13(8-14(7-12)20(21,22)23)19(11,18(30)31)25-16(28)9-26-4-2-3-15(17(26)29)24-10-27/h2-4,10-14H,5-9H2,1H3,(H,24,27)(H,25,28)(H,30,31).